The van der Waals surface area contributed by atoms with Gasteiger partial charge < -0.3 is 5.73 Å². The first-order valence-electron chi connectivity index (χ1n) is 6.56. The van der Waals surface area contributed by atoms with E-state index in [9.17, 15) is 35.6 Å². The number of primary amides is 1. The summed E-state index contributed by atoms with van der Waals surface area (Å²) in [5.74, 6) is -3.18. The van der Waals surface area contributed by atoms with E-state index in [1.165, 1.54) is 6.07 Å². The van der Waals surface area contributed by atoms with Crippen LogP contribution in [0.25, 0.3) is 0 Å². The lowest BCUT2D eigenvalue weighted by Crippen LogP contribution is -2.35. The van der Waals surface area contributed by atoms with Gasteiger partial charge in [-0.25, -0.2) is 4.39 Å². The number of carbonyl (C=O) groups is 1. The molecule has 0 radical (unpaired) electrons. The Bertz CT molecular complexity index is 805. The Morgan fingerprint density at radius 1 is 1.00 bits per heavy atom. The predicted molar refractivity (Wildman–Crippen MR) is 73.8 cm³/mol. The lowest BCUT2D eigenvalue weighted by molar-refractivity contribution is -0.138. The average molecular weight is 366 g/mol. The van der Waals surface area contributed by atoms with E-state index < -0.39 is 51.4 Å². The Morgan fingerprint density at radius 3 is 2.12 bits per heavy atom. The Labute approximate surface area is 136 Å². The number of para-hydroxylation sites is 1. The molecule has 0 aliphatic heterocycles. The van der Waals surface area contributed by atoms with Crippen molar-refractivity contribution in [3.8, 4) is 0 Å². The van der Waals surface area contributed by atoms with Gasteiger partial charge >= 0.3 is 12.2 Å². The number of rotatable bonds is 4. The van der Waals surface area contributed by atoms with Gasteiger partial charge in [-0.3, -0.25) is 4.79 Å². The van der Waals surface area contributed by atoms with Gasteiger partial charge in [0.05, 0.1) is 22.4 Å². The minimum absolute atomic E-state index is 0.123. The summed E-state index contributed by atoms with van der Waals surface area (Å²) in [6.45, 7) is 0. The Hall–Kier alpha value is -2.78. The first-order chi connectivity index (χ1) is 11.5. The molecule has 25 heavy (non-hydrogen) atoms. The molecule has 2 aromatic rings. The summed E-state index contributed by atoms with van der Waals surface area (Å²) in [7, 11) is 0. The smallest absolute Gasteiger partial charge is 0.366 e. The third-order valence-corrected chi connectivity index (χ3v) is 3.25. The van der Waals surface area contributed by atoms with Crippen LogP contribution in [0, 0.1) is 5.82 Å². The maximum atomic E-state index is 14.2. The van der Waals surface area contributed by atoms with Crippen molar-refractivity contribution in [1.82, 2.24) is 0 Å². The number of hydrogen-bond acceptors (Lipinski definition) is 2. The number of anilines is 1. The summed E-state index contributed by atoms with van der Waals surface area (Å²) in [5, 5.41) is -1.22. The molecule has 0 fully saturated rings. The van der Waals surface area contributed by atoms with E-state index in [4.69, 9.17) is 5.73 Å². The molecule has 2 aromatic carbocycles. The standard InChI is InChI=1S/C15H9F7N2O/c16-11-7-8(14(17,18)19)5-6-10(11)15(20,21)24(22)12-4-2-1-3-9(12)13(23)25/h1-7H,(H2,23,25). The number of hydrogen-bond donors (Lipinski definition) is 1. The molecule has 0 aliphatic rings. The fourth-order valence-corrected chi connectivity index (χ4v) is 2.05. The van der Waals surface area contributed by atoms with E-state index in [0.29, 0.717) is 0 Å². The zero-order chi connectivity index (χ0) is 19.0. The van der Waals surface area contributed by atoms with Crippen molar-refractivity contribution >= 4 is 11.6 Å². The van der Waals surface area contributed by atoms with Crippen molar-refractivity contribution in [3.05, 3.63) is 65.0 Å². The van der Waals surface area contributed by atoms with E-state index in [-0.39, 0.29) is 18.2 Å². The molecule has 0 unspecified atom stereocenters. The summed E-state index contributed by atoms with van der Waals surface area (Å²) in [5.41, 5.74) is 0.239. The molecule has 0 bridgehead atoms. The molecule has 0 saturated carbocycles. The highest BCUT2D eigenvalue weighted by atomic mass is 19.4. The quantitative estimate of drug-likeness (QED) is 0.496. The molecule has 0 aliphatic carbocycles. The molecule has 0 spiro atoms. The van der Waals surface area contributed by atoms with Crippen molar-refractivity contribution < 1.29 is 35.6 Å². The molecule has 3 nitrogen and oxygen atoms in total. The molecular weight excluding hydrogens is 357 g/mol. The number of amides is 1. The highest BCUT2D eigenvalue weighted by Gasteiger charge is 2.45. The fraction of sp³-hybridized carbons (Fsp3) is 0.133. The summed E-state index contributed by atoms with van der Waals surface area (Å²) in [4.78, 5) is 11.2. The largest absolute Gasteiger partial charge is 0.416 e. The van der Waals surface area contributed by atoms with Crippen LogP contribution in [0.4, 0.5) is 36.5 Å². The van der Waals surface area contributed by atoms with Gasteiger partial charge in [-0.15, -0.1) is 5.12 Å². The van der Waals surface area contributed by atoms with Gasteiger partial charge in [0.15, 0.2) is 0 Å². The van der Waals surface area contributed by atoms with Crippen LogP contribution in [0.2, 0.25) is 0 Å². The second kappa shape index (κ2) is 6.26. The van der Waals surface area contributed by atoms with Crippen molar-refractivity contribution in [2.45, 2.75) is 12.2 Å². The molecular formula is C15H9F7N2O. The average Bonchev–Trinajstić information content (AvgIpc) is 2.52. The summed E-state index contributed by atoms with van der Waals surface area (Å²) >= 11 is 0. The molecule has 0 saturated heterocycles. The van der Waals surface area contributed by atoms with Crippen LogP contribution < -0.4 is 10.9 Å². The van der Waals surface area contributed by atoms with Crippen LogP contribution in [0.3, 0.4) is 0 Å². The maximum absolute atomic E-state index is 14.2. The van der Waals surface area contributed by atoms with E-state index in [1.807, 2.05) is 0 Å². The molecule has 0 aromatic heterocycles. The summed E-state index contributed by atoms with van der Waals surface area (Å²) in [6, 6.07) is -0.449. The maximum Gasteiger partial charge on any atom is 0.416 e. The van der Waals surface area contributed by atoms with Gasteiger partial charge in [-0.05, 0) is 30.3 Å². The van der Waals surface area contributed by atoms with Crippen LogP contribution in [-0.4, -0.2) is 5.91 Å². The predicted octanol–water partition coefficient (Wildman–Crippen LogP) is 4.38. The van der Waals surface area contributed by atoms with Crippen LogP contribution in [0.5, 0.6) is 0 Å². The molecule has 0 heterocycles. The number of carbonyl (C=O) groups excluding carboxylic acids is 1. The monoisotopic (exact) mass is 366 g/mol. The van der Waals surface area contributed by atoms with E-state index in [1.54, 1.807) is 0 Å². The number of alkyl halides is 5. The third-order valence-electron chi connectivity index (χ3n) is 3.25. The first kappa shape index (κ1) is 18.6. The first-order valence-corrected chi connectivity index (χ1v) is 6.56. The van der Waals surface area contributed by atoms with Crippen molar-refractivity contribution in [2.75, 3.05) is 5.12 Å². The number of nitrogens with two attached hydrogens (primary N) is 1. The Balaban J connectivity index is 2.50. The topological polar surface area (TPSA) is 46.3 Å². The van der Waals surface area contributed by atoms with Gasteiger partial charge in [0.25, 0.3) is 5.91 Å². The zero-order valence-corrected chi connectivity index (χ0v) is 12.1. The van der Waals surface area contributed by atoms with Gasteiger partial charge in [0.1, 0.15) is 5.82 Å². The molecule has 1 amide bonds. The fourth-order valence-electron chi connectivity index (χ4n) is 2.05. The molecule has 2 N–H and O–H groups in total. The van der Waals surface area contributed by atoms with Crippen LogP contribution in [0.15, 0.2) is 42.5 Å². The number of halogens is 7. The van der Waals surface area contributed by atoms with E-state index in [2.05, 4.69) is 0 Å². The molecule has 10 heteroatoms. The molecule has 0 atom stereocenters. The molecule has 134 valence electrons. The second-order valence-corrected chi connectivity index (χ2v) is 4.90. The zero-order valence-electron chi connectivity index (χ0n) is 12.1. The number of benzene rings is 2. The Morgan fingerprint density at radius 2 is 1.60 bits per heavy atom. The number of nitrogens with zero attached hydrogens (tertiary/aromatic N) is 1. The van der Waals surface area contributed by atoms with Crippen LogP contribution >= 0.6 is 0 Å². The van der Waals surface area contributed by atoms with Crippen LogP contribution in [0.1, 0.15) is 21.5 Å². The van der Waals surface area contributed by atoms with Gasteiger partial charge in [0.2, 0.25) is 0 Å². The van der Waals surface area contributed by atoms with E-state index in [0.717, 1.165) is 18.2 Å². The molecule has 2 rings (SSSR count). The van der Waals surface area contributed by atoms with Crippen molar-refractivity contribution in [1.29, 1.82) is 0 Å². The van der Waals surface area contributed by atoms with Crippen molar-refractivity contribution in [2.24, 2.45) is 5.73 Å². The normalized spacial score (nSPS) is 12.1. The SMILES string of the molecule is NC(=O)c1ccccc1N(F)C(F)(F)c1ccc(C(F)(F)F)cc1F. The highest BCUT2D eigenvalue weighted by Crippen LogP contribution is 2.40. The summed E-state index contributed by atoms with van der Waals surface area (Å²) < 4.78 is 93.9. The lowest BCUT2D eigenvalue weighted by atomic mass is 10.1. The second-order valence-electron chi connectivity index (χ2n) is 4.90. The van der Waals surface area contributed by atoms with Gasteiger partial charge in [0, 0.05) is 0 Å². The van der Waals surface area contributed by atoms with Crippen molar-refractivity contribution in [3.63, 3.8) is 0 Å². The minimum atomic E-state index is -4.96. The summed E-state index contributed by atoms with van der Waals surface area (Å²) in [6.07, 6.45) is -4.96. The van der Waals surface area contributed by atoms with Gasteiger partial charge in [-0.2, -0.15) is 22.0 Å². The van der Waals surface area contributed by atoms with E-state index >= 15 is 0 Å². The van der Waals surface area contributed by atoms with Crippen LogP contribution in [-0.2, 0) is 12.2 Å². The van der Waals surface area contributed by atoms with Gasteiger partial charge in [-0.1, -0.05) is 16.6 Å². The lowest BCUT2D eigenvalue weighted by Gasteiger charge is -2.26. The Kier molecular flexibility index (Phi) is 4.65. The minimum Gasteiger partial charge on any atom is -0.366 e. The third kappa shape index (κ3) is 3.52. The highest BCUT2D eigenvalue weighted by molar-refractivity contribution is 5.98.